The Balaban J connectivity index is 1.86. The summed E-state index contributed by atoms with van der Waals surface area (Å²) in [6.07, 6.45) is 4.91. The number of aromatic nitrogens is 4. The van der Waals surface area contributed by atoms with Crippen LogP contribution < -0.4 is 5.43 Å². The van der Waals surface area contributed by atoms with Gasteiger partial charge in [-0.3, -0.25) is 9.00 Å². The van der Waals surface area contributed by atoms with Crippen LogP contribution in [0, 0.1) is 13.8 Å². The highest BCUT2D eigenvalue weighted by atomic mass is 32.2. The lowest BCUT2D eigenvalue weighted by Crippen LogP contribution is -2.15. The number of nitrogens with zero attached hydrogens (tertiary/aromatic N) is 4. The average molecular weight is 404 g/mol. The van der Waals surface area contributed by atoms with Crippen LogP contribution in [-0.4, -0.2) is 30.0 Å². The number of hydrogen-bond acceptors (Lipinski definition) is 4. The van der Waals surface area contributed by atoms with Gasteiger partial charge in [0.15, 0.2) is 5.69 Å². The highest BCUT2D eigenvalue weighted by Crippen LogP contribution is 2.23. The Morgan fingerprint density at radius 3 is 2.59 bits per heavy atom. The summed E-state index contributed by atoms with van der Waals surface area (Å²) in [6, 6.07) is 16.5. The van der Waals surface area contributed by atoms with E-state index < -0.39 is 10.8 Å². The lowest BCUT2D eigenvalue weighted by Gasteiger charge is -2.13. The molecule has 1 atom stereocenters. The summed E-state index contributed by atoms with van der Waals surface area (Å²) in [7, 11) is -1.10. The van der Waals surface area contributed by atoms with Crippen LogP contribution in [0.25, 0.3) is 22.8 Å². The van der Waals surface area contributed by atoms with E-state index in [1.54, 1.807) is 46.2 Å². The van der Waals surface area contributed by atoms with Crippen molar-refractivity contribution in [3.8, 4) is 22.8 Å². The lowest BCUT2D eigenvalue weighted by atomic mass is 10.1. The van der Waals surface area contributed by atoms with Crippen LogP contribution in [0.1, 0.15) is 11.1 Å². The minimum atomic E-state index is -1.10. The quantitative estimate of drug-likeness (QED) is 0.522. The zero-order valence-corrected chi connectivity index (χ0v) is 17.2. The fraction of sp³-hybridized carbons (Fsp3) is 0.136. The normalized spacial score (nSPS) is 12.1. The Bertz CT molecular complexity index is 1290. The summed E-state index contributed by atoms with van der Waals surface area (Å²) >= 11 is 0. The average Bonchev–Trinajstić information content (AvgIpc) is 3.20. The minimum absolute atomic E-state index is 0.191. The fourth-order valence-corrected chi connectivity index (χ4v) is 3.73. The number of hydrogen-bond donors (Lipinski definition) is 0. The third-order valence-corrected chi connectivity index (χ3v) is 5.83. The third kappa shape index (κ3) is 3.56. The van der Waals surface area contributed by atoms with Gasteiger partial charge in [-0.25, -0.2) is 9.36 Å². The molecule has 2 aromatic carbocycles. The van der Waals surface area contributed by atoms with Crippen LogP contribution in [0.2, 0.25) is 0 Å². The van der Waals surface area contributed by atoms with Gasteiger partial charge in [0.05, 0.1) is 23.3 Å². The van der Waals surface area contributed by atoms with E-state index in [-0.39, 0.29) is 5.43 Å². The second-order valence-corrected chi connectivity index (χ2v) is 8.15. The molecule has 0 saturated heterocycles. The molecule has 0 spiro atoms. The first-order chi connectivity index (χ1) is 14.0. The van der Waals surface area contributed by atoms with Gasteiger partial charge in [0, 0.05) is 34.2 Å². The van der Waals surface area contributed by atoms with Crippen molar-refractivity contribution in [3.05, 3.63) is 88.3 Å². The molecule has 0 saturated carbocycles. The number of aryl methyl sites for hydroxylation is 1. The van der Waals surface area contributed by atoms with Crippen LogP contribution in [0.4, 0.5) is 0 Å². The Morgan fingerprint density at radius 1 is 1.00 bits per heavy atom. The monoisotopic (exact) mass is 404 g/mol. The topological polar surface area (TPSA) is 69.8 Å². The summed E-state index contributed by atoms with van der Waals surface area (Å²) in [6.45, 7) is 4.07. The van der Waals surface area contributed by atoms with E-state index >= 15 is 0 Å². The van der Waals surface area contributed by atoms with Gasteiger partial charge < -0.3 is 0 Å². The van der Waals surface area contributed by atoms with Crippen molar-refractivity contribution in [3.63, 3.8) is 0 Å². The molecule has 0 radical (unpaired) electrons. The molecule has 7 heteroatoms. The van der Waals surface area contributed by atoms with Crippen LogP contribution in [0.5, 0.6) is 0 Å². The molecule has 0 aliphatic carbocycles. The molecule has 29 heavy (non-hydrogen) atoms. The molecule has 0 amide bonds. The summed E-state index contributed by atoms with van der Waals surface area (Å²) in [5, 5.41) is 9.00. The van der Waals surface area contributed by atoms with Gasteiger partial charge >= 0.3 is 0 Å². The second-order valence-electron chi connectivity index (χ2n) is 6.77. The largest absolute Gasteiger partial charge is 0.287 e. The van der Waals surface area contributed by atoms with Gasteiger partial charge in [-0.1, -0.05) is 18.2 Å². The molecule has 0 bridgehead atoms. The van der Waals surface area contributed by atoms with Crippen molar-refractivity contribution < 1.29 is 4.21 Å². The highest BCUT2D eigenvalue weighted by Gasteiger charge is 2.15. The van der Waals surface area contributed by atoms with Crippen LogP contribution >= 0.6 is 0 Å². The molecule has 2 aromatic heterocycles. The van der Waals surface area contributed by atoms with Gasteiger partial charge in [0.25, 0.3) is 0 Å². The van der Waals surface area contributed by atoms with Crippen LogP contribution in [0.15, 0.2) is 76.7 Å². The number of rotatable bonds is 4. The maximum atomic E-state index is 12.6. The third-order valence-electron chi connectivity index (χ3n) is 4.91. The highest BCUT2D eigenvalue weighted by molar-refractivity contribution is 7.84. The lowest BCUT2D eigenvalue weighted by molar-refractivity contribution is 0.686. The van der Waals surface area contributed by atoms with Crippen LogP contribution in [0.3, 0.4) is 0 Å². The molecule has 0 aliphatic rings. The summed E-state index contributed by atoms with van der Waals surface area (Å²) in [5.41, 5.74) is 4.60. The molecule has 1 unspecified atom stereocenters. The summed E-state index contributed by atoms with van der Waals surface area (Å²) < 4.78 is 15.2. The van der Waals surface area contributed by atoms with Crippen molar-refractivity contribution in [2.24, 2.45) is 0 Å². The van der Waals surface area contributed by atoms with Gasteiger partial charge in [0.2, 0.25) is 5.43 Å². The number of benzene rings is 2. The van der Waals surface area contributed by atoms with Gasteiger partial charge in [-0.15, -0.1) is 0 Å². The van der Waals surface area contributed by atoms with Crippen LogP contribution in [-0.2, 0) is 10.8 Å². The zero-order valence-electron chi connectivity index (χ0n) is 16.4. The molecule has 6 nitrogen and oxygen atoms in total. The molecule has 0 aliphatic heterocycles. The minimum Gasteiger partial charge on any atom is -0.287 e. The van der Waals surface area contributed by atoms with E-state index in [9.17, 15) is 9.00 Å². The Hall–Kier alpha value is -3.32. The first kappa shape index (κ1) is 19.0. The van der Waals surface area contributed by atoms with E-state index in [4.69, 9.17) is 0 Å². The molecular formula is C22H20N4O2S. The SMILES string of the molecule is Cc1cccc(-n2nccc2-c2nn(-c3cccc(S(C)=O)c3)ccc2=O)c1C. The van der Waals surface area contributed by atoms with E-state index in [0.717, 1.165) is 22.5 Å². The molecule has 0 N–H and O–H groups in total. The molecule has 2 heterocycles. The smallest absolute Gasteiger partial charge is 0.209 e. The molecule has 4 rings (SSSR count). The van der Waals surface area contributed by atoms with Gasteiger partial charge in [-0.05, 0) is 55.3 Å². The van der Waals surface area contributed by atoms with Gasteiger partial charge in [0.1, 0.15) is 0 Å². The molecule has 4 aromatic rings. The fourth-order valence-electron chi connectivity index (χ4n) is 3.17. The Labute approximate surface area is 170 Å². The predicted octanol–water partition coefficient (Wildman–Crippen LogP) is 3.44. The van der Waals surface area contributed by atoms with Crippen molar-refractivity contribution in [1.82, 2.24) is 19.6 Å². The van der Waals surface area contributed by atoms with Crippen molar-refractivity contribution in [2.45, 2.75) is 18.7 Å². The van der Waals surface area contributed by atoms with Crippen molar-refractivity contribution in [1.29, 1.82) is 0 Å². The molecule has 146 valence electrons. The Morgan fingerprint density at radius 2 is 1.79 bits per heavy atom. The van der Waals surface area contributed by atoms with E-state index in [0.29, 0.717) is 16.3 Å². The van der Waals surface area contributed by atoms with E-state index in [1.165, 1.54) is 6.07 Å². The van der Waals surface area contributed by atoms with Gasteiger partial charge in [-0.2, -0.15) is 10.2 Å². The van der Waals surface area contributed by atoms with Crippen molar-refractivity contribution >= 4 is 10.8 Å². The standard InChI is InChI=1S/C22H20N4O2S/c1-15-6-4-9-19(16(15)2)26-20(10-12-23-26)22-21(27)11-13-25(24-22)17-7-5-8-18(14-17)29(3)28/h4-14H,1-3H3. The van der Waals surface area contributed by atoms with Crippen molar-refractivity contribution in [2.75, 3.05) is 6.26 Å². The molecular weight excluding hydrogens is 384 g/mol. The second kappa shape index (κ2) is 7.60. The maximum absolute atomic E-state index is 12.6. The zero-order chi connectivity index (χ0) is 20.5. The van der Waals surface area contributed by atoms with E-state index in [1.807, 2.05) is 44.2 Å². The summed E-state index contributed by atoms with van der Waals surface area (Å²) in [5.74, 6) is 0. The Kier molecular flexibility index (Phi) is 4.98. The predicted molar refractivity (Wildman–Crippen MR) is 114 cm³/mol. The summed E-state index contributed by atoms with van der Waals surface area (Å²) in [4.78, 5) is 13.3. The first-order valence-electron chi connectivity index (χ1n) is 9.10. The first-order valence-corrected chi connectivity index (χ1v) is 10.7. The molecule has 0 fully saturated rings. The van der Waals surface area contributed by atoms with E-state index in [2.05, 4.69) is 10.2 Å². The maximum Gasteiger partial charge on any atom is 0.209 e.